The van der Waals surface area contributed by atoms with Gasteiger partial charge in [-0.05, 0) is 31.2 Å². The van der Waals surface area contributed by atoms with Gasteiger partial charge in [0, 0.05) is 19.0 Å². The minimum Gasteiger partial charge on any atom is -0.481 e. The van der Waals surface area contributed by atoms with Gasteiger partial charge in [0.25, 0.3) is 5.91 Å². The van der Waals surface area contributed by atoms with Gasteiger partial charge in [-0.25, -0.2) is 4.39 Å². The number of benzene rings is 1. The number of likely N-dealkylation sites (N-methyl/N-ethyl adjacent to an activating group) is 1. The van der Waals surface area contributed by atoms with Gasteiger partial charge >= 0.3 is 0 Å². The third-order valence-electron chi connectivity index (χ3n) is 3.37. The lowest BCUT2D eigenvalue weighted by Gasteiger charge is -2.41. The van der Waals surface area contributed by atoms with Crippen molar-refractivity contribution in [3.8, 4) is 5.75 Å². The molecular formula is C15H20FNO3. The third kappa shape index (κ3) is 3.48. The standard InChI is InChI=1S/C15H20FNO3/c1-11(20-13-6-4-12(16)5-7-13)14(18)17(3)8-15(2)9-19-10-15/h4-7,11H,8-10H2,1-3H3/t11-/m0/s1. The maximum atomic E-state index is 12.8. The summed E-state index contributed by atoms with van der Waals surface area (Å²) in [5, 5.41) is 0. The first kappa shape index (κ1) is 14.8. The topological polar surface area (TPSA) is 38.8 Å². The zero-order valence-electron chi connectivity index (χ0n) is 12.1. The van der Waals surface area contributed by atoms with Gasteiger partial charge in [-0.15, -0.1) is 0 Å². The highest BCUT2D eigenvalue weighted by atomic mass is 19.1. The van der Waals surface area contributed by atoms with Crippen molar-refractivity contribution in [3.05, 3.63) is 30.1 Å². The Morgan fingerprint density at radius 3 is 2.55 bits per heavy atom. The van der Waals surface area contributed by atoms with E-state index in [1.54, 1.807) is 18.9 Å². The molecule has 1 heterocycles. The fourth-order valence-corrected chi connectivity index (χ4v) is 2.27. The molecule has 20 heavy (non-hydrogen) atoms. The third-order valence-corrected chi connectivity index (χ3v) is 3.37. The molecule has 1 aromatic rings. The van der Waals surface area contributed by atoms with Gasteiger partial charge < -0.3 is 14.4 Å². The van der Waals surface area contributed by atoms with Gasteiger partial charge in [0.05, 0.1) is 13.2 Å². The quantitative estimate of drug-likeness (QED) is 0.829. The molecule has 1 aliphatic heterocycles. The number of hydrogen-bond donors (Lipinski definition) is 0. The smallest absolute Gasteiger partial charge is 0.263 e. The number of amides is 1. The van der Waals surface area contributed by atoms with Crippen LogP contribution in [-0.2, 0) is 9.53 Å². The molecule has 110 valence electrons. The molecule has 0 spiro atoms. The molecule has 0 saturated carbocycles. The van der Waals surface area contributed by atoms with Crippen LogP contribution in [-0.4, -0.2) is 43.7 Å². The Morgan fingerprint density at radius 1 is 1.45 bits per heavy atom. The van der Waals surface area contributed by atoms with Crippen LogP contribution in [0.2, 0.25) is 0 Å². The Morgan fingerprint density at radius 2 is 2.05 bits per heavy atom. The Kier molecular flexibility index (Phi) is 4.28. The largest absolute Gasteiger partial charge is 0.481 e. The minimum absolute atomic E-state index is 0.0417. The summed E-state index contributed by atoms with van der Waals surface area (Å²) in [7, 11) is 1.76. The van der Waals surface area contributed by atoms with E-state index in [1.807, 2.05) is 0 Å². The van der Waals surface area contributed by atoms with Gasteiger partial charge in [0.1, 0.15) is 11.6 Å². The number of hydrogen-bond acceptors (Lipinski definition) is 3. The second kappa shape index (κ2) is 5.79. The van der Waals surface area contributed by atoms with Crippen molar-refractivity contribution < 1.29 is 18.7 Å². The second-order valence-corrected chi connectivity index (χ2v) is 5.71. The van der Waals surface area contributed by atoms with E-state index >= 15 is 0 Å². The first-order valence-corrected chi connectivity index (χ1v) is 6.65. The summed E-state index contributed by atoms with van der Waals surface area (Å²) in [5.41, 5.74) is 0.0417. The van der Waals surface area contributed by atoms with Crippen molar-refractivity contribution in [2.45, 2.75) is 20.0 Å². The van der Waals surface area contributed by atoms with E-state index in [9.17, 15) is 9.18 Å². The number of rotatable bonds is 5. The molecule has 0 bridgehead atoms. The normalized spacial score (nSPS) is 18.0. The van der Waals surface area contributed by atoms with Crippen LogP contribution in [0.1, 0.15) is 13.8 Å². The summed E-state index contributed by atoms with van der Waals surface area (Å²) in [5.74, 6) is 0.0626. The molecule has 5 heteroatoms. The van der Waals surface area contributed by atoms with Crippen LogP contribution in [0.5, 0.6) is 5.75 Å². The molecule has 1 amide bonds. The van der Waals surface area contributed by atoms with Crippen LogP contribution < -0.4 is 4.74 Å². The fourth-order valence-electron chi connectivity index (χ4n) is 2.27. The summed E-state index contributed by atoms with van der Waals surface area (Å²) in [6, 6.07) is 5.65. The van der Waals surface area contributed by atoms with Crippen LogP contribution >= 0.6 is 0 Å². The molecule has 1 saturated heterocycles. The highest BCUT2D eigenvalue weighted by molar-refractivity contribution is 5.80. The van der Waals surface area contributed by atoms with Crippen molar-refractivity contribution in [1.82, 2.24) is 4.90 Å². The molecule has 2 rings (SSSR count). The highest BCUT2D eigenvalue weighted by Crippen LogP contribution is 2.27. The molecule has 0 aliphatic carbocycles. The Bertz CT molecular complexity index is 471. The van der Waals surface area contributed by atoms with E-state index in [0.717, 1.165) is 0 Å². The van der Waals surface area contributed by atoms with Crippen LogP contribution in [0.3, 0.4) is 0 Å². The molecule has 1 atom stereocenters. The maximum absolute atomic E-state index is 12.8. The molecule has 0 N–H and O–H groups in total. The number of carbonyl (C=O) groups is 1. The van der Waals surface area contributed by atoms with Gasteiger partial charge in [0.2, 0.25) is 0 Å². The second-order valence-electron chi connectivity index (χ2n) is 5.71. The Hall–Kier alpha value is -1.62. The minimum atomic E-state index is -0.602. The van der Waals surface area contributed by atoms with Crippen molar-refractivity contribution in [1.29, 1.82) is 0 Å². The number of carbonyl (C=O) groups excluding carboxylic acids is 1. The lowest BCUT2D eigenvalue weighted by atomic mass is 9.88. The lowest BCUT2D eigenvalue weighted by molar-refractivity contribution is -0.147. The summed E-state index contributed by atoms with van der Waals surface area (Å²) in [4.78, 5) is 13.9. The zero-order valence-corrected chi connectivity index (χ0v) is 12.1. The first-order chi connectivity index (χ1) is 9.39. The highest BCUT2D eigenvalue weighted by Gasteiger charge is 2.36. The number of nitrogens with zero attached hydrogens (tertiary/aromatic N) is 1. The Labute approximate surface area is 118 Å². The van der Waals surface area contributed by atoms with Crippen LogP contribution in [0.15, 0.2) is 24.3 Å². The van der Waals surface area contributed by atoms with Crippen LogP contribution in [0, 0.1) is 11.2 Å². The van der Waals surface area contributed by atoms with Crippen molar-refractivity contribution in [3.63, 3.8) is 0 Å². The lowest BCUT2D eigenvalue weighted by Crippen LogP contribution is -2.51. The SMILES string of the molecule is C[C@H](Oc1ccc(F)cc1)C(=O)N(C)CC1(C)COC1. The van der Waals surface area contributed by atoms with Crippen LogP contribution in [0.25, 0.3) is 0 Å². The molecule has 1 aromatic carbocycles. The van der Waals surface area contributed by atoms with E-state index in [0.29, 0.717) is 25.5 Å². The monoisotopic (exact) mass is 281 g/mol. The van der Waals surface area contributed by atoms with Gasteiger partial charge in [0.15, 0.2) is 6.10 Å². The Balaban J connectivity index is 1.89. The maximum Gasteiger partial charge on any atom is 0.263 e. The van der Waals surface area contributed by atoms with Crippen molar-refractivity contribution in [2.24, 2.45) is 5.41 Å². The predicted molar refractivity (Wildman–Crippen MR) is 73.1 cm³/mol. The van der Waals surface area contributed by atoms with Gasteiger partial charge in [-0.3, -0.25) is 4.79 Å². The van der Waals surface area contributed by atoms with Gasteiger partial charge in [-0.1, -0.05) is 6.92 Å². The number of ether oxygens (including phenoxy) is 2. The van der Waals surface area contributed by atoms with E-state index < -0.39 is 6.10 Å². The predicted octanol–water partition coefficient (Wildman–Crippen LogP) is 2.09. The molecular weight excluding hydrogens is 261 g/mol. The molecule has 1 aliphatic rings. The van der Waals surface area contributed by atoms with Gasteiger partial charge in [-0.2, -0.15) is 0 Å². The first-order valence-electron chi connectivity index (χ1n) is 6.65. The average molecular weight is 281 g/mol. The average Bonchev–Trinajstić information content (AvgIpc) is 2.38. The fraction of sp³-hybridized carbons (Fsp3) is 0.533. The zero-order chi connectivity index (χ0) is 14.8. The molecule has 4 nitrogen and oxygen atoms in total. The summed E-state index contributed by atoms with van der Waals surface area (Å²) >= 11 is 0. The summed E-state index contributed by atoms with van der Waals surface area (Å²) in [6.45, 7) is 5.78. The van der Waals surface area contributed by atoms with E-state index in [1.165, 1.54) is 24.3 Å². The summed E-state index contributed by atoms with van der Waals surface area (Å²) in [6.07, 6.45) is -0.602. The van der Waals surface area contributed by atoms with E-state index in [-0.39, 0.29) is 17.1 Å². The van der Waals surface area contributed by atoms with E-state index in [2.05, 4.69) is 6.92 Å². The molecule has 0 aromatic heterocycles. The van der Waals surface area contributed by atoms with E-state index in [4.69, 9.17) is 9.47 Å². The van der Waals surface area contributed by atoms with Crippen LogP contribution in [0.4, 0.5) is 4.39 Å². The molecule has 1 fully saturated rings. The molecule has 0 radical (unpaired) electrons. The van der Waals surface area contributed by atoms with Crippen molar-refractivity contribution >= 4 is 5.91 Å². The molecule has 0 unspecified atom stereocenters. The number of halogens is 1. The van der Waals surface area contributed by atoms with Crippen molar-refractivity contribution in [2.75, 3.05) is 26.8 Å². The summed E-state index contributed by atoms with van der Waals surface area (Å²) < 4.78 is 23.5.